The highest BCUT2D eigenvalue weighted by atomic mass is 16.6. The summed E-state index contributed by atoms with van der Waals surface area (Å²) in [7, 11) is 0. The van der Waals surface area contributed by atoms with Gasteiger partial charge >= 0.3 is 17.9 Å². The van der Waals surface area contributed by atoms with Crippen molar-refractivity contribution >= 4 is 17.9 Å². The molecule has 0 rings (SSSR count). The highest BCUT2D eigenvalue weighted by Gasteiger charge is 2.19. The second-order valence-electron chi connectivity index (χ2n) is 24.8. The predicted molar refractivity (Wildman–Crippen MR) is 362 cm³/mol. The Hall–Kier alpha value is -2.89. The predicted octanol–water partition coefficient (Wildman–Crippen LogP) is 25.5. The normalized spacial score (nSPS) is 12.4. The van der Waals surface area contributed by atoms with Crippen LogP contribution in [0, 0.1) is 0 Å². The number of carbonyl (C=O) groups excluding carboxylic acids is 3. The Kier molecular flexibility index (Phi) is 69.1. The van der Waals surface area contributed by atoms with Crippen LogP contribution < -0.4 is 0 Å². The number of hydrogen-bond acceptors (Lipinski definition) is 6. The van der Waals surface area contributed by atoms with Gasteiger partial charge < -0.3 is 14.2 Å². The molecule has 0 saturated carbocycles. The lowest BCUT2D eigenvalue weighted by Gasteiger charge is -2.18. The molecule has 484 valence electrons. The molecule has 0 aliphatic rings. The monoisotopic (exact) mass is 1160 g/mol. The third kappa shape index (κ3) is 69.8. The third-order valence-corrected chi connectivity index (χ3v) is 16.5. The molecule has 0 N–H and O–H groups in total. The highest BCUT2D eigenvalue weighted by Crippen LogP contribution is 2.18. The van der Waals surface area contributed by atoms with Crippen LogP contribution in [0.15, 0.2) is 60.8 Å². The van der Waals surface area contributed by atoms with Crippen LogP contribution >= 0.6 is 0 Å². The first-order chi connectivity index (χ1) is 41.0. The topological polar surface area (TPSA) is 78.9 Å². The molecule has 1 unspecified atom stereocenters. The summed E-state index contributed by atoms with van der Waals surface area (Å²) < 4.78 is 17.0. The minimum atomic E-state index is -0.785. The van der Waals surface area contributed by atoms with E-state index in [0.29, 0.717) is 19.3 Å². The third-order valence-electron chi connectivity index (χ3n) is 16.5. The molecule has 0 bridgehead atoms. The zero-order chi connectivity index (χ0) is 59.9. The van der Waals surface area contributed by atoms with Gasteiger partial charge in [0.1, 0.15) is 13.2 Å². The summed E-state index contributed by atoms with van der Waals surface area (Å²) in [5.41, 5.74) is 0. The molecule has 0 aliphatic heterocycles. The van der Waals surface area contributed by atoms with Crippen LogP contribution in [0.25, 0.3) is 0 Å². The van der Waals surface area contributed by atoms with E-state index in [9.17, 15) is 14.4 Å². The van der Waals surface area contributed by atoms with Gasteiger partial charge in [-0.3, -0.25) is 14.4 Å². The summed E-state index contributed by atoms with van der Waals surface area (Å²) in [4.78, 5) is 38.4. The largest absolute Gasteiger partial charge is 0.462 e. The fourth-order valence-corrected chi connectivity index (χ4v) is 10.9. The summed E-state index contributed by atoms with van der Waals surface area (Å²) in [6.45, 7) is 6.64. The van der Waals surface area contributed by atoms with E-state index in [1.165, 1.54) is 263 Å². The lowest BCUT2D eigenvalue weighted by atomic mass is 10.0. The van der Waals surface area contributed by atoms with E-state index in [4.69, 9.17) is 14.2 Å². The van der Waals surface area contributed by atoms with Gasteiger partial charge in [0.25, 0.3) is 0 Å². The van der Waals surface area contributed by atoms with Gasteiger partial charge in [0.05, 0.1) is 0 Å². The summed E-state index contributed by atoms with van der Waals surface area (Å²) in [6.07, 6.45) is 92.7. The van der Waals surface area contributed by atoms with Gasteiger partial charge in [-0.2, -0.15) is 0 Å². The van der Waals surface area contributed by atoms with Crippen LogP contribution in [0.2, 0.25) is 0 Å². The molecule has 0 aromatic carbocycles. The summed E-state index contributed by atoms with van der Waals surface area (Å²) >= 11 is 0. The van der Waals surface area contributed by atoms with Crippen molar-refractivity contribution < 1.29 is 28.6 Å². The van der Waals surface area contributed by atoms with Crippen molar-refractivity contribution in [1.82, 2.24) is 0 Å². The molecule has 83 heavy (non-hydrogen) atoms. The average molecular weight is 1160 g/mol. The Balaban J connectivity index is 4.15. The number of esters is 3. The van der Waals surface area contributed by atoms with Gasteiger partial charge in [-0.15, -0.1) is 0 Å². The average Bonchev–Trinajstić information content (AvgIpc) is 3.49. The van der Waals surface area contributed by atoms with Crippen LogP contribution in [0.4, 0.5) is 0 Å². The SMILES string of the molecule is CCCCC/C=C\C/C=C\C/C=C\CCCCCCCCC(=O)OC(COC(=O)CCCCCCC/C=C\CCCCCC)COC(=O)CCCCCCCCCCCCCCCCCCCCCCC/C=C\CCCCCCCCCC. The van der Waals surface area contributed by atoms with E-state index in [0.717, 1.165) is 89.9 Å². The molecule has 0 aromatic heterocycles. The first kappa shape index (κ1) is 80.1. The van der Waals surface area contributed by atoms with Gasteiger partial charge in [-0.1, -0.05) is 326 Å². The highest BCUT2D eigenvalue weighted by molar-refractivity contribution is 5.71. The van der Waals surface area contributed by atoms with E-state index < -0.39 is 6.10 Å². The van der Waals surface area contributed by atoms with Crippen molar-refractivity contribution in [1.29, 1.82) is 0 Å². The summed E-state index contributed by atoms with van der Waals surface area (Å²) in [5.74, 6) is -0.878. The van der Waals surface area contributed by atoms with Crippen LogP contribution in [0.1, 0.15) is 393 Å². The van der Waals surface area contributed by atoms with E-state index >= 15 is 0 Å². The van der Waals surface area contributed by atoms with Gasteiger partial charge in [0, 0.05) is 19.3 Å². The molecular formula is C77H140O6. The van der Waals surface area contributed by atoms with Crippen molar-refractivity contribution in [3.05, 3.63) is 60.8 Å². The van der Waals surface area contributed by atoms with Crippen molar-refractivity contribution in [2.75, 3.05) is 13.2 Å². The van der Waals surface area contributed by atoms with E-state index in [2.05, 4.69) is 81.5 Å². The lowest BCUT2D eigenvalue weighted by Crippen LogP contribution is -2.30. The van der Waals surface area contributed by atoms with Crippen molar-refractivity contribution in [2.45, 2.75) is 399 Å². The first-order valence-electron chi connectivity index (χ1n) is 36.8. The summed E-state index contributed by atoms with van der Waals surface area (Å²) in [6, 6.07) is 0. The van der Waals surface area contributed by atoms with Gasteiger partial charge in [-0.05, 0) is 109 Å². The van der Waals surface area contributed by atoms with Crippen LogP contribution in [-0.2, 0) is 28.6 Å². The molecule has 0 saturated heterocycles. The number of hydrogen-bond donors (Lipinski definition) is 0. The smallest absolute Gasteiger partial charge is 0.306 e. The second-order valence-corrected chi connectivity index (χ2v) is 24.8. The zero-order valence-electron chi connectivity index (χ0n) is 55.7. The van der Waals surface area contributed by atoms with Crippen LogP contribution in [-0.4, -0.2) is 37.2 Å². The summed E-state index contributed by atoms with van der Waals surface area (Å²) in [5, 5.41) is 0. The van der Waals surface area contributed by atoms with Gasteiger partial charge in [-0.25, -0.2) is 0 Å². The molecule has 6 nitrogen and oxygen atoms in total. The maximum Gasteiger partial charge on any atom is 0.306 e. The number of rotatable bonds is 68. The first-order valence-corrected chi connectivity index (χ1v) is 36.8. The Morgan fingerprint density at radius 1 is 0.241 bits per heavy atom. The molecule has 0 aliphatic carbocycles. The number of allylic oxidation sites excluding steroid dienone is 10. The molecule has 0 fully saturated rings. The zero-order valence-corrected chi connectivity index (χ0v) is 55.7. The van der Waals surface area contributed by atoms with Gasteiger partial charge in [0.15, 0.2) is 6.10 Å². The number of unbranched alkanes of at least 4 members (excludes halogenated alkanes) is 47. The van der Waals surface area contributed by atoms with Crippen molar-refractivity contribution in [2.24, 2.45) is 0 Å². The fourth-order valence-electron chi connectivity index (χ4n) is 10.9. The molecule has 0 radical (unpaired) electrons. The molecule has 0 heterocycles. The lowest BCUT2D eigenvalue weighted by molar-refractivity contribution is -0.167. The maximum absolute atomic E-state index is 12.9. The Labute approximate surface area is 517 Å². The number of ether oxygens (including phenoxy) is 3. The standard InChI is InChI=1S/C77H140O6/c1-4-7-10-13-16-19-22-25-27-29-31-32-33-34-35-36-37-38-39-40-41-42-43-44-46-47-49-52-55-58-61-64-67-70-76(79)82-73-74(72-81-75(78)69-66-63-60-57-54-51-24-21-18-15-12-9-6-3)83-77(80)71-68-65-62-59-56-53-50-48-45-30-28-26-23-20-17-14-11-8-5-2/h17,20-21,24,26,28-29,31,45,48,74H,4-16,18-19,22-23,25,27,30,32-44,46-47,49-73H2,1-3H3/b20-17-,24-21-,28-26-,31-29-,48-45-. The maximum atomic E-state index is 12.9. The molecule has 1 atom stereocenters. The molecule has 6 heteroatoms. The van der Waals surface area contributed by atoms with Gasteiger partial charge in [0.2, 0.25) is 0 Å². The number of carbonyl (C=O) groups is 3. The van der Waals surface area contributed by atoms with E-state index in [1.54, 1.807) is 0 Å². The molecule has 0 aromatic rings. The van der Waals surface area contributed by atoms with E-state index in [-0.39, 0.29) is 31.1 Å². The van der Waals surface area contributed by atoms with Crippen LogP contribution in [0.5, 0.6) is 0 Å². The minimum Gasteiger partial charge on any atom is -0.462 e. The van der Waals surface area contributed by atoms with Crippen LogP contribution in [0.3, 0.4) is 0 Å². The van der Waals surface area contributed by atoms with E-state index in [1.807, 2.05) is 0 Å². The fraction of sp³-hybridized carbons (Fsp3) is 0.831. The Morgan fingerprint density at radius 2 is 0.434 bits per heavy atom. The molecule has 0 amide bonds. The Morgan fingerprint density at radius 3 is 0.723 bits per heavy atom. The molecular weight excluding hydrogens is 1020 g/mol. The van der Waals surface area contributed by atoms with Crippen molar-refractivity contribution in [3.63, 3.8) is 0 Å². The molecule has 0 spiro atoms. The quantitative estimate of drug-likeness (QED) is 0.0261. The minimum absolute atomic E-state index is 0.0787. The Bertz CT molecular complexity index is 1470. The second kappa shape index (κ2) is 71.6. The van der Waals surface area contributed by atoms with Crippen molar-refractivity contribution in [3.8, 4) is 0 Å².